The maximum Gasteiger partial charge on any atom is 0.233 e. The topological polar surface area (TPSA) is 82.2 Å². The number of nitrogen functional groups attached to an aromatic ring is 1. The van der Waals surface area contributed by atoms with Crippen molar-refractivity contribution in [3.8, 4) is 5.75 Å². The summed E-state index contributed by atoms with van der Waals surface area (Å²) in [4.78, 5) is 12.5. The van der Waals surface area contributed by atoms with Gasteiger partial charge in [0.25, 0.3) is 0 Å². The van der Waals surface area contributed by atoms with Crippen LogP contribution in [0.4, 0.5) is 11.5 Å². The Balaban J connectivity index is 1.86. The summed E-state index contributed by atoms with van der Waals surface area (Å²) in [6, 6.07) is 7.61. The molecule has 1 amide bonds. The van der Waals surface area contributed by atoms with Crippen LogP contribution in [-0.4, -0.2) is 22.3 Å². The highest BCUT2D eigenvalue weighted by atomic mass is 16.5. The monoisotopic (exact) mass is 272 g/mol. The first-order valence-electron chi connectivity index (χ1n) is 6.47. The molecule has 1 aliphatic heterocycles. The molecule has 20 heavy (non-hydrogen) atoms. The number of nitrogens with two attached hydrogens (primary N) is 1. The third kappa shape index (κ3) is 2.09. The van der Waals surface area contributed by atoms with Crippen LogP contribution in [0.25, 0.3) is 0 Å². The van der Waals surface area contributed by atoms with Crippen LogP contribution < -0.4 is 15.8 Å². The van der Waals surface area contributed by atoms with Gasteiger partial charge in [0.2, 0.25) is 5.91 Å². The molecule has 1 aromatic carbocycles. The molecule has 6 heteroatoms. The number of hydrogen-bond donors (Lipinski definition) is 2. The molecule has 3 N–H and O–H groups in total. The van der Waals surface area contributed by atoms with Crippen molar-refractivity contribution in [1.29, 1.82) is 0 Å². The fourth-order valence-corrected chi connectivity index (χ4v) is 2.43. The fraction of sp³-hybridized carbons (Fsp3) is 0.286. The number of amides is 1. The fourth-order valence-electron chi connectivity index (χ4n) is 2.43. The zero-order valence-corrected chi connectivity index (χ0v) is 11.2. The van der Waals surface area contributed by atoms with Crippen molar-refractivity contribution in [3.05, 3.63) is 36.0 Å². The Morgan fingerprint density at radius 1 is 1.50 bits per heavy atom. The van der Waals surface area contributed by atoms with E-state index in [-0.39, 0.29) is 11.8 Å². The molecule has 0 saturated carbocycles. The Hall–Kier alpha value is -2.50. The van der Waals surface area contributed by atoms with Crippen LogP contribution in [-0.2, 0) is 11.8 Å². The van der Waals surface area contributed by atoms with Gasteiger partial charge < -0.3 is 15.8 Å². The summed E-state index contributed by atoms with van der Waals surface area (Å²) < 4.78 is 7.12. The zero-order valence-electron chi connectivity index (χ0n) is 11.2. The molecule has 0 spiro atoms. The second-order valence-electron chi connectivity index (χ2n) is 4.79. The van der Waals surface area contributed by atoms with Crippen molar-refractivity contribution in [1.82, 2.24) is 9.78 Å². The second kappa shape index (κ2) is 4.88. The molecule has 6 nitrogen and oxygen atoms in total. The van der Waals surface area contributed by atoms with Gasteiger partial charge in [-0.3, -0.25) is 9.48 Å². The minimum absolute atomic E-state index is 0.0870. The van der Waals surface area contributed by atoms with Crippen molar-refractivity contribution in [2.24, 2.45) is 7.05 Å². The Morgan fingerprint density at radius 3 is 3.05 bits per heavy atom. The van der Waals surface area contributed by atoms with Gasteiger partial charge in [0.05, 0.1) is 24.4 Å². The Morgan fingerprint density at radius 2 is 2.30 bits per heavy atom. The minimum Gasteiger partial charge on any atom is -0.493 e. The van der Waals surface area contributed by atoms with Gasteiger partial charge in [-0.1, -0.05) is 18.2 Å². The Kier molecular flexibility index (Phi) is 3.06. The summed E-state index contributed by atoms with van der Waals surface area (Å²) in [5.41, 5.74) is 7.16. The van der Waals surface area contributed by atoms with E-state index in [4.69, 9.17) is 10.5 Å². The maximum atomic E-state index is 12.5. The quantitative estimate of drug-likeness (QED) is 0.868. The van der Waals surface area contributed by atoms with Gasteiger partial charge in [-0.2, -0.15) is 5.10 Å². The van der Waals surface area contributed by atoms with Crippen molar-refractivity contribution in [2.75, 3.05) is 17.7 Å². The smallest absolute Gasteiger partial charge is 0.233 e. The number of aromatic nitrogens is 2. The van der Waals surface area contributed by atoms with Crippen LogP contribution in [0.1, 0.15) is 17.9 Å². The largest absolute Gasteiger partial charge is 0.493 e. The molecule has 3 rings (SSSR count). The molecule has 104 valence electrons. The molecule has 0 saturated heterocycles. The highest BCUT2D eigenvalue weighted by Crippen LogP contribution is 2.34. The van der Waals surface area contributed by atoms with E-state index in [1.807, 2.05) is 24.3 Å². The molecule has 1 atom stereocenters. The summed E-state index contributed by atoms with van der Waals surface area (Å²) in [7, 11) is 1.74. The summed E-state index contributed by atoms with van der Waals surface area (Å²) in [5.74, 6) is 0.987. The van der Waals surface area contributed by atoms with Crippen LogP contribution in [0.3, 0.4) is 0 Å². The van der Waals surface area contributed by atoms with Crippen LogP contribution in [0.5, 0.6) is 5.75 Å². The van der Waals surface area contributed by atoms with E-state index in [1.165, 1.54) is 6.20 Å². The molecule has 0 fully saturated rings. The second-order valence-corrected chi connectivity index (χ2v) is 4.79. The molecule has 1 aliphatic rings. The molecule has 2 heterocycles. The number of fused-ring (bicyclic) bond motifs is 1. The number of ether oxygens (including phenoxy) is 1. The predicted octanol–water partition coefficient (Wildman–Crippen LogP) is 1.51. The van der Waals surface area contributed by atoms with Crippen LogP contribution in [0.2, 0.25) is 0 Å². The number of benzene rings is 1. The lowest BCUT2D eigenvalue weighted by molar-refractivity contribution is -0.118. The number of carbonyl (C=O) groups is 1. The van der Waals surface area contributed by atoms with Gasteiger partial charge in [0.15, 0.2) is 5.82 Å². The van der Waals surface area contributed by atoms with E-state index in [0.717, 1.165) is 11.3 Å². The Labute approximate surface area is 116 Å². The molecule has 2 aromatic rings. The van der Waals surface area contributed by atoms with Gasteiger partial charge in [0, 0.05) is 12.6 Å². The summed E-state index contributed by atoms with van der Waals surface area (Å²) in [6.45, 7) is 0.538. The van der Waals surface area contributed by atoms with Gasteiger partial charge in [0.1, 0.15) is 5.75 Å². The van der Waals surface area contributed by atoms with Crippen LogP contribution >= 0.6 is 0 Å². The molecule has 1 unspecified atom stereocenters. The number of hydrogen-bond acceptors (Lipinski definition) is 4. The lowest BCUT2D eigenvalue weighted by Crippen LogP contribution is -2.27. The lowest BCUT2D eigenvalue weighted by Gasteiger charge is -2.25. The van der Waals surface area contributed by atoms with Crippen LogP contribution in [0.15, 0.2) is 30.5 Å². The van der Waals surface area contributed by atoms with Gasteiger partial charge in [-0.25, -0.2) is 0 Å². The number of anilines is 2. The van der Waals surface area contributed by atoms with Crippen LogP contribution in [0, 0.1) is 0 Å². The van der Waals surface area contributed by atoms with Gasteiger partial charge in [-0.05, 0) is 12.5 Å². The SMILES string of the molecule is Cn1ncc(N)c1NC(=O)C1CCOc2ccccc21. The Bertz CT molecular complexity index is 631. The number of nitrogens with zero attached hydrogens (tertiary/aromatic N) is 2. The summed E-state index contributed by atoms with van der Waals surface area (Å²) >= 11 is 0. The van der Waals surface area contributed by atoms with Crippen molar-refractivity contribution < 1.29 is 9.53 Å². The molecule has 0 bridgehead atoms. The minimum atomic E-state index is -0.228. The summed E-state index contributed by atoms with van der Waals surface area (Å²) in [6.07, 6.45) is 2.17. The summed E-state index contributed by atoms with van der Waals surface area (Å²) in [5, 5.41) is 6.86. The number of para-hydroxylation sites is 1. The first kappa shape index (κ1) is 12.5. The maximum absolute atomic E-state index is 12.5. The van der Waals surface area contributed by atoms with E-state index < -0.39 is 0 Å². The highest BCUT2D eigenvalue weighted by molar-refractivity contribution is 5.97. The normalized spacial score (nSPS) is 17.1. The molecular formula is C14H16N4O2. The first-order valence-corrected chi connectivity index (χ1v) is 6.47. The van der Waals surface area contributed by atoms with Gasteiger partial charge in [-0.15, -0.1) is 0 Å². The van der Waals surface area contributed by atoms with E-state index in [9.17, 15) is 4.79 Å². The number of rotatable bonds is 2. The standard InChI is InChI=1S/C14H16N4O2/c1-18-13(11(15)8-16-18)17-14(19)10-6-7-20-12-5-3-2-4-9(10)12/h2-5,8,10H,6-7,15H2,1H3,(H,17,19). The van der Waals surface area contributed by atoms with E-state index in [0.29, 0.717) is 24.5 Å². The average Bonchev–Trinajstić information content (AvgIpc) is 2.78. The average molecular weight is 272 g/mol. The third-order valence-corrected chi connectivity index (χ3v) is 3.48. The van der Waals surface area contributed by atoms with E-state index in [1.54, 1.807) is 11.7 Å². The predicted molar refractivity (Wildman–Crippen MR) is 75.5 cm³/mol. The van der Waals surface area contributed by atoms with Crippen molar-refractivity contribution >= 4 is 17.4 Å². The van der Waals surface area contributed by atoms with E-state index >= 15 is 0 Å². The molecule has 0 radical (unpaired) electrons. The molecule has 1 aromatic heterocycles. The third-order valence-electron chi connectivity index (χ3n) is 3.48. The number of carbonyl (C=O) groups excluding carboxylic acids is 1. The van der Waals surface area contributed by atoms with Crippen molar-refractivity contribution in [2.45, 2.75) is 12.3 Å². The molecular weight excluding hydrogens is 256 g/mol. The highest BCUT2D eigenvalue weighted by Gasteiger charge is 2.28. The number of nitrogens with one attached hydrogen (secondary N) is 1. The van der Waals surface area contributed by atoms with Crippen molar-refractivity contribution in [3.63, 3.8) is 0 Å². The number of aryl methyl sites for hydroxylation is 1. The first-order chi connectivity index (χ1) is 9.66. The zero-order chi connectivity index (χ0) is 14.1. The lowest BCUT2D eigenvalue weighted by atomic mass is 9.92. The van der Waals surface area contributed by atoms with E-state index in [2.05, 4.69) is 10.4 Å². The van der Waals surface area contributed by atoms with Gasteiger partial charge >= 0.3 is 0 Å². The molecule has 0 aliphatic carbocycles.